The van der Waals surface area contributed by atoms with Crippen molar-refractivity contribution in [1.29, 1.82) is 0 Å². The Bertz CT molecular complexity index is 181. The van der Waals surface area contributed by atoms with E-state index in [9.17, 15) is 0 Å². The molecule has 0 aromatic heterocycles. The van der Waals surface area contributed by atoms with Gasteiger partial charge < -0.3 is 5.11 Å². The standard InChI is InChI=1S/C8H14.CHClO2/c1-4-5-7-6-8(7,2)3;2-1(3)4/h4-5,7H,6H2,1-3H3;(H,3,4). The van der Waals surface area contributed by atoms with Crippen LogP contribution in [0.5, 0.6) is 0 Å². The van der Waals surface area contributed by atoms with Crippen molar-refractivity contribution >= 4 is 17.0 Å². The van der Waals surface area contributed by atoms with Crippen molar-refractivity contribution in [2.24, 2.45) is 11.3 Å². The summed E-state index contributed by atoms with van der Waals surface area (Å²) in [5.41, 5.74) is -0.730. The number of hydrogen-bond acceptors (Lipinski definition) is 1. The summed E-state index contributed by atoms with van der Waals surface area (Å²) in [5.74, 6) is 0.882. The average Bonchev–Trinajstić information content (AvgIpc) is 2.38. The average molecular weight is 191 g/mol. The first-order valence-electron chi connectivity index (χ1n) is 3.91. The van der Waals surface area contributed by atoms with Gasteiger partial charge in [-0.1, -0.05) is 26.0 Å². The smallest absolute Gasteiger partial charge is 0.401 e. The van der Waals surface area contributed by atoms with E-state index in [-0.39, 0.29) is 0 Å². The van der Waals surface area contributed by atoms with E-state index >= 15 is 0 Å². The van der Waals surface area contributed by atoms with E-state index in [1.165, 1.54) is 6.42 Å². The van der Waals surface area contributed by atoms with Gasteiger partial charge in [-0.2, -0.15) is 0 Å². The van der Waals surface area contributed by atoms with Crippen LogP contribution >= 0.6 is 11.6 Å². The molecule has 0 aromatic carbocycles. The molecule has 0 aliphatic heterocycles. The normalized spacial score (nSPS) is 24.5. The summed E-state index contributed by atoms with van der Waals surface area (Å²) in [6.45, 7) is 6.73. The maximum atomic E-state index is 8.77. The molecule has 70 valence electrons. The third kappa shape index (κ3) is 5.19. The van der Waals surface area contributed by atoms with E-state index in [1.807, 2.05) is 0 Å². The SMILES string of the molecule is CC=CC1CC1(C)C.O=C(O)Cl. The largest absolute Gasteiger partial charge is 0.469 e. The number of carboxylic acid groups (broad SMARTS) is 1. The Morgan fingerprint density at radius 1 is 1.67 bits per heavy atom. The van der Waals surface area contributed by atoms with Gasteiger partial charge >= 0.3 is 5.43 Å². The molecule has 1 aliphatic carbocycles. The third-order valence-corrected chi connectivity index (χ3v) is 2.01. The van der Waals surface area contributed by atoms with Gasteiger partial charge in [0, 0.05) is 11.6 Å². The molecule has 0 bridgehead atoms. The lowest BCUT2D eigenvalue weighted by molar-refractivity contribution is 0.220. The molecule has 0 amide bonds. The molecule has 0 radical (unpaired) electrons. The summed E-state index contributed by atoms with van der Waals surface area (Å²) in [6, 6.07) is 0. The van der Waals surface area contributed by atoms with Crippen LogP contribution in [0.25, 0.3) is 0 Å². The monoisotopic (exact) mass is 190 g/mol. The van der Waals surface area contributed by atoms with Crippen molar-refractivity contribution in [3.8, 4) is 0 Å². The molecule has 1 aliphatic rings. The highest BCUT2D eigenvalue weighted by molar-refractivity contribution is 6.60. The fraction of sp³-hybridized carbons (Fsp3) is 0.667. The highest BCUT2D eigenvalue weighted by Gasteiger charge is 2.43. The molecule has 0 aromatic rings. The number of rotatable bonds is 1. The van der Waals surface area contributed by atoms with Crippen molar-refractivity contribution in [3.63, 3.8) is 0 Å². The molecule has 2 nitrogen and oxygen atoms in total. The van der Waals surface area contributed by atoms with Crippen molar-refractivity contribution in [1.82, 2.24) is 0 Å². The van der Waals surface area contributed by atoms with Gasteiger partial charge in [0.25, 0.3) is 0 Å². The van der Waals surface area contributed by atoms with E-state index in [0.29, 0.717) is 5.41 Å². The molecule has 0 spiro atoms. The number of carbonyl (C=O) groups is 1. The second-order valence-electron chi connectivity index (χ2n) is 3.58. The molecule has 1 atom stereocenters. The van der Waals surface area contributed by atoms with E-state index < -0.39 is 5.43 Å². The fourth-order valence-corrected chi connectivity index (χ4v) is 1.07. The van der Waals surface area contributed by atoms with Crippen molar-refractivity contribution in [2.75, 3.05) is 0 Å². The Labute approximate surface area is 78.2 Å². The summed E-state index contributed by atoms with van der Waals surface area (Å²) in [5, 5.41) is 7.18. The molecular weight excluding hydrogens is 176 g/mol. The molecular formula is C9H15ClO2. The van der Waals surface area contributed by atoms with Gasteiger partial charge in [0.15, 0.2) is 0 Å². The van der Waals surface area contributed by atoms with Gasteiger partial charge in [0.05, 0.1) is 0 Å². The van der Waals surface area contributed by atoms with E-state index in [0.717, 1.165) is 5.92 Å². The molecule has 1 N–H and O–H groups in total. The van der Waals surface area contributed by atoms with Crippen LogP contribution in [0.4, 0.5) is 4.79 Å². The van der Waals surface area contributed by atoms with Crippen LogP contribution in [-0.2, 0) is 0 Å². The van der Waals surface area contributed by atoms with Gasteiger partial charge in [-0.05, 0) is 24.7 Å². The van der Waals surface area contributed by atoms with Crippen LogP contribution in [0, 0.1) is 11.3 Å². The van der Waals surface area contributed by atoms with Crippen LogP contribution in [0.15, 0.2) is 12.2 Å². The van der Waals surface area contributed by atoms with Crippen molar-refractivity contribution in [2.45, 2.75) is 27.2 Å². The molecule has 1 unspecified atom stereocenters. The Balaban J connectivity index is 0.000000261. The molecule has 1 rings (SSSR count). The summed E-state index contributed by atoms with van der Waals surface area (Å²) in [7, 11) is 0. The second-order valence-corrected chi connectivity index (χ2v) is 3.90. The molecule has 0 heterocycles. The lowest BCUT2D eigenvalue weighted by Crippen LogP contribution is -1.84. The summed E-state index contributed by atoms with van der Waals surface area (Å²) in [4.78, 5) is 8.77. The van der Waals surface area contributed by atoms with E-state index in [1.54, 1.807) is 0 Å². The fourth-order valence-electron chi connectivity index (χ4n) is 1.07. The Hall–Kier alpha value is -0.500. The first-order valence-corrected chi connectivity index (χ1v) is 4.29. The van der Waals surface area contributed by atoms with E-state index in [2.05, 4.69) is 44.5 Å². The molecule has 3 heteroatoms. The minimum atomic E-state index is -1.36. The zero-order valence-corrected chi connectivity index (χ0v) is 8.43. The van der Waals surface area contributed by atoms with Gasteiger partial charge in [0.2, 0.25) is 0 Å². The number of allylic oxidation sites excluding steroid dienone is 2. The maximum Gasteiger partial charge on any atom is 0.401 e. The van der Waals surface area contributed by atoms with Gasteiger partial charge in [-0.15, -0.1) is 0 Å². The van der Waals surface area contributed by atoms with E-state index in [4.69, 9.17) is 9.90 Å². The predicted molar refractivity (Wildman–Crippen MR) is 50.6 cm³/mol. The molecule has 1 saturated carbocycles. The second kappa shape index (κ2) is 4.51. The van der Waals surface area contributed by atoms with Gasteiger partial charge in [-0.25, -0.2) is 4.79 Å². The lowest BCUT2D eigenvalue weighted by atomic mass is 10.1. The predicted octanol–water partition coefficient (Wildman–Crippen LogP) is 3.51. The molecule has 1 fully saturated rings. The zero-order chi connectivity index (χ0) is 9.78. The first kappa shape index (κ1) is 11.5. The Kier molecular flexibility index (Phi) is 4.32. The van der Waals surface area contributed by atoms with Crippen molar-refractivity contribution in [3.05, 3.63) is 12.2 Å². The van der Waals surface area contributed by atoms with Crippen LogP contribution < -0.4 is 0 Å². The molecule has 12 heavy (non-hydrogen) atoms. The lowest BCUT2D eigenvalue weighted by Gasteiger charge is -1.93. The van der Waals surface area contributed by atoms with Gasteiger partial charge in [0.1, 0.15) is 0 Å². The quantitative estimate of drug-likeness (QED) is 0.508. The maximum absolute atomic E-state index is 8.77. The van der Waals surface area contributed by atoms with Crippen LogP contribution in [0.2, 0.25) is 0 Å². The molecule has 0 saturated heterocycles. The number of halogens is 1. The first-order chi connectivity index (χ1) is 5.40. The van der Waals surface area contributed by atoms with Gasteiger partial charge in [-0.3, -0.25) is 0 Å². The zero-order valence-electron chi connectivity index (χ0n) is 7.67. The Morgan fingerprint density at radius 2 is 2.00 bits per heavy atom. The summed E-state index contributed by atoms with van der Waals surface area (Å²) < 4.78 is 0. The highest BCUT2D eigenvalue weighted by atomic mass is 35.5. The number of hydrogen-bond donors (Lipinski definition) is 1. The van der Waals surface area contributed by atoms with Crippen LogP contribution in [0.3, 0.4) is 0 Å². The van der Waals surface area contributed by atoms with Crippen LogP contribution in [0.1, 0.15) is 27.2 Å². The highest BCUT2D eigenvalue weighted by Crippen LogP contribution is 2.52. The third-order valence-electron chi connectivity index (χ3n) is 2.01. The topological polar surface area (TPSA) is 37.3 Å². The summed E-state index contributed by atoms with van der Waals surface area (Å²) in [6.07, 6.45) is 5.84. The van der Waals surface area contributed by atoms with Crippen molar-refractivity contribution < 1.29 is 9.90 Å². The minimum Gasteiger partial charge on any atom is -0.469 e. The summed E-state index contributed by atoms with van der Waals surface area (Å²) >= 11 is 4.19. The van der Waals surface area contributed by atoms with Crippen LogP contribution in [-0.4, -0.2) is 10.5 Å². The Morgan fingerprint density at radius 3 is 2.08 bits per heavy atom. The minimum absolute atomic E-state index is 0.631.